The molecule has 15 heavy (non-hydrogen) atoms. The number of rotatable bonds is 10. The van der Waals surface area contributed by atoms with Gasteiger partial charge in [0.15, 0.2) is 0 Å². The molecule has 0 radical (unpaired) electrons. The smallest absolute Gasteiger partial charge is 0.0918 e. The second-order valence-corrected chi connectivity index (χ2v) is 3.82. The van der Waals surface area contributed by atoms with Gasteiger partial charge in [0.05, 0.1) is 12.4 Å². The lowest BCUT2D eigenvalue weighted by Crippen LogP contribution is -2.31. The summed E-state index contributed by atoms with van der Waals surface area (Å²) in [6.07, 6.45) is 4.39. The van der Waals surface area contributed by atoms with Crippen LogP contribution in [-0.4, -0.2) is 44.1 Å². The van der Waals surface area contributed by atoms with Crippen molar-refractivity contribution < 1.29 is 4.74 Å². The summed E-state index contributed by atoms with van der Waals surface area (Å²) in [7, 11) is 1.72. The van der Waals surface area contributed by atoms with Crippen LogP contribution in [0.3, 0.4) is 0 Å². The molecule has 0 saturated heterocycles. The third-order valence-electron chi connectivity index (χ3n) is 2.39. The molecule has 4 heteroatoms. The van der Waals surface area contributed by atoms with Gasteiger partial charge in [-0.05, 0) is 13.0 Å². The average molecular weight is 215 g/mol. The highest BCUT2D eigenvalue weighted by Gasteiger charge is 2.04. The Hall–Kier alpha value is -0.610. The fourth-order valence-electron chi connectivity index (χ4n) is 1.42. The van der Waals surface area contributed by atoms with Crippen LogP contribution in [0.1, 0.15) is 32.6 Å². The van der Waals surface area contributed by atoms with E-state index in [-0.39, 0.29) is 5.84 Å². The van der Waals surface area contributed by atoms with Crippen LogP contribution in [0.15, 0.2) is 0 Å². The van der Waals surface area contributed by atoms with Crippen molar-refractivity contribution in [2.24, 2.45) is 5.73 Å². The Labute approximate surface area is 93.3 Å². The van der Waals surface area contributed by atoms with E-state index in [1.165, 1.54) is 19.3 Å². The highest BCUT2D eigenvalue weighted by molar-refractivity contribution is 5.76. The molecule has 0 atom stereocenters. The van der Waals surface area contributed by atoms with Crippen LogP contribution in [0, 0.1) is 5.41 Å². The second-order valence-electron chi connectivity index (χ2n) is 3.82. The van der Waals surface area contributed by atoms with Gasteiger partial charge in [-0.3, -0.25) is 5.41 Å². The van der Waals surface area contributed by atoms with Gasteiger partial charge in [-0.15, -0.1) is 0 Å². The van der Waals surface area contributed by atoms with E-state index in [9.17, 15) is 0 Å². The zero-order chi connectivity index (χ0) is 11.5. The number of unbranched alkanes of at least 4 members (excludes halogenated alkanes) is 2. The molecule has 90 valence electrons. The van der Waals surface area contributed by atoms with Crippen molar-refractivity contribution in [3.05, 3.63) is 0 Å². The van der Waals surface area contributed by atoms with Gasteiger partial charge in [0.1, 0.15) is 0 Å². The Balaban J connectivity index is 3.67. The number of methoxy groups -OCH3 is 1. The summed E-state index contributed by atoms with van der Waals surface area (Å²) in [4.78, 5) is 2.32. The number of amidine groups is 1. The predicted octanol–water partition coefficient (Wildman–Crippen LogP) is 1.45. The van der Waals surface area contributed by atoms with Crippen molar-refractivity contribution in [3.63, 3.8) is 0 Å². The molecule has 0 bridgehead atoms. The number of hydrogen-bond acceptors (Lipinski definition) is 3. The first kappa shape index (κ1) is 14.4. The summed E-state index contributed by atoms with van der Waals surface area (Å²) >= 11 is 0. The summed E-state index contributed by atoms with van der Waals surface area (Å²) < 4.78 is 5.06. The van der Waals surface area contributed by atoms with E-state index in [1.807, 2.05) is 0 Å². The Kier molecular flexibility index (Phi) is 9.52. The summed E-state index contributed by atoms with van der Waals surface area (Å²) in [5.74, 6) is 0.271. The van der Waals surface area contributed by atoms with E-state index in [0.29, 0.717) is 6.42 Å². The maximum Gasteiger partial charge on any atom is 0.0918 e. The van der Waals surface area contributed by atoms with Crippen molar-refractivity contribution in [3.8, 4) is 0 Å². The number of nitrogens with one attached hydrogen (secondary N) is 1. The summed E-state index contributed by atoms with van der Waals surface area (Å²) in [5, 5.41) is 7.20. The van der Waals surface area contributed by atoms with Crippen LogP contribution < -0.4 is 5.73 Å². The maximum absolute atomic E-state index is 7.20. The summed E-state index contributed by atoms with van der Waals surface area (Å²) in [6, 6.07) is 0. The van der Waals surface area contributed by atoms with Crippen molar-refractivity contribution in [2.75, 3.05) is 33.4 Å². The minimum Gasteiger partial charge on any atom is -0.388 e. The minimum atomic E-state index is 0.271. The molecule has 0 amide bonds. The molecule has 0 fully saturated rings. The van der Waals surface area contributed by atoms with Gasteiger partial charge in [0.25, 0.3) is 0 Å². The molecule has 0 aromatic rings. The van der Waals surface area contributed by atoms with Gasteiger partial charge in [0, 0.05) is 26.6 Å². The normalized spacial score (nSPS) is 10.9. The number of hydrogen-bond donors (Lipinski definition) is 2. The molecule has 4 nitrogen and oxygen atoms in total. The Bertz CT molecular complexity index is 162. The van der Waals surface area contributed by atoms with Gasteiger partial charge >= 0.3 is 0 Å². The molecule has 0 aliphatic heterocycles. The molecule has 0 rings (SSSR count). The highest BCUT2D eigenvalue weighted by atomic mass is 16.5. The van der Waals surface area contributed by atoms with Crippen molar-refractivity contribution in [1.29, 1.82) is 5.41 Å². The molecule has 0 aliphatic rings. The molecule has 0 unspecified atom stereocenters. The number of ether oxygens (including phenoxy) is 1. The minimum absolute atomic E-state index is 0.271. The van der Waals surface area contributed by atoms with Crippen molar-refractivity contribution in [2.45, 2.75) is 32.6 Å². The molecule has 3 N–H and O–H groups in total. The molecule has 0 saturated carbocycles. The van der Waals surface area contributed by atoms with Gasteiger partial charge in [-0.2, -0.15) is 0 Å². The number of nitrogens with zero attached hydrogens (tertiary/aromatic N) is 1. The van der Waals surface area contributed by atoms with E-state index in [1.54, 1.807) is 7.11 Å². The van der Waals surface area contributed by atoms with Crippen LogP contribution in [0.2, 0.25) is 0 Å². The Morgan fingerprint density at radius 1 is 1.27 bits per heavy atom. The van der Waals surface area contributed by atoms with Crippen LogP contribution in [-0.2, 0) is 4.74 Å². The third kappa shape index (κ3) is 9.69. The third-order valence-corrected chi connectivity index (χ3v) is 2.39. The number of nitrogens with two attached hydrogens (primary N) is 1. The monoisotopic (exact) mass is 215 g/mol. The lowest BCUT2D eigenvalue weighted by Gasteiger charge is -2.21. The topological polar surface area (TPSA) is 62.3 Å². The van der Waals surface area contributed by atoms with Crippen molar-refractivity contribution in [1.82, 2.24) is 4.90 Å². The zero-order valence-electron chi connectivity index (χ0n) is 10.1. The van der Waals surface area contributed by atoms with Gasteiger partial charge in [-0.25, -0.2) is 0 Å². The van der Waals surface area contributed by atoms with E-state index >= 15 is 0 Å². The van der Waals surface area contributed by atoms with Gasteiger partial charge < -0.3 is 15.4 Å². The highest BCUT2D eigenvalue weighted by Crippen LogP contribution is 1.99. The van der Waals surface area contributed by atoms with Crippen LogP contribution in [0.5, 0.6) is 0 Å². The van der Waals surface area contributed by atoms with Crippen LogP contribution in [0.25, 0.3) is 0 Å². The first-order valence-electron chi connectivity index (χ1n) is 5.74. The largest absolute Gasteiger partial charge is 0.388 e. The average Bonchev–Trinajstić information content (AvgIpc) is 2.21. The lowest BCUT2D eigenvalue weighted by molar-refractivity contribution is 0.148. The molecular weight excluding hydrogens is 190 g/mol. The first-order valence-corrected chi connectivity index (χ1v) is 5.74. The second kappa shape index (κ2) is 9.93. The van der Waals surface area contributed by atoms with E-state index < -0.39 is 0 Å². The molecular formula is C11H25N3O. The van der Waals surface area contributed by atoms with Crippen LogP contribution in [0.4, 0.5) is 0 Å². The van der Waals surface area contributed by atoms with E-state index in [2.05, 4.69) is 11.8 Å². The molecule has 0 aliphatic carbocycles. The van der Waals surface area contributed by atoms with Gasteiger partial charge in [0.2, 0.25) is 0 Å². The lowest BCUT2D eigenvalue weighted by atomic mass is 10.2. The Morgan fingerprint density at radius 2 is 2.00 bits per heavy atom. The molecule has 0 aromatic heterocycles. The molecule has 0 heterocycles. The zero-order valence-corrected chi connectivity index (χ0v) is 10.1. The fourth-order valence-corrected chi connectivity index (χ4v) is 1.42. The van der Waals surface area contributed by atoms with Crippen molar-refractivity contribution >= 4 is 5.84 Å². The molecule has 0 aromatic carbocycles. The standard InChI is InChI=1S/C11H25N3O/c1-3-4-5-7-14(9-10-15-2)8-6-11(12)13/h3-10H2,1-2H3,(H3,12,13). The molecule has 0 spiro atoms. The van der Waals surface area contributed by atoms with E-state index in [0.717, 1.165) is 26.2 Å². The SMILES string of the molecule is CCCCCN(CCOC)CCC(=N)N. The Morgan fingerprint density at radius 3 is 2.53 bits per heavy atom. The summed E-state index contributed by atoms with van der Waals surface area (Å²) in [5.41, 5.74) is 5.35. The quantitative estimate of drug-likeness (QED) is 0.329. The first-order chi connectivity index (χ1) is 7.20. The predicted molar refractivity (Wildman–Crippen MR) is 64.4 cm³/mol. The van der Waals surface area contributed by atoms with Crippen LogP contribution >= 0.6 is 0 Å². The van der Waals surface area contributed by atoms with E-state index in [4.69, 9.17) is 15.9 Å². The maximum atomic E-state index is 7.20. The van der Waals surface area contributed by atoms with Gasteiger partial charge in [-0.1, -0.05) is 19.8 Å². The fraction of sp³-hybridized carbons (Fsp3) is 0.909. The summed E-state index contributed by atoms with van der Waals surface area (Å²) in [6.45, 7) is 5.86.